The standard InChI is InChI=1S/C19H18F3N5O2/c20-19(21,22)17-13-26-12-16(5-6-18(26)23-17)25-9-7-24(8-10-25)11-14-1-3-15(4-2-14)27(28)29/h1-6,12-13H,7-11H2. The number of imidazole rings is 1. The van der Waals surface area contributed by atoms with Crippen LogP contribution >= 0.6 is 0 Å². The molecule has 1 saturated heterocycles. The van der Waals surface area contributed by atoms with Crippen LogP contribution in [0.4, 0.5) is 24.5 Å². The van der Waals surface area contributed by atoms with Gasteiger partial charge in [-0.05, 0) is 17.7 Å². The number of fused-ring (bicyclic) bond motifs is 1. The van der Waals surface area contributed by atoms with Gasteiger partial charge < -0.3 is 9.30 Å². The summed E-state index contributed by atoms with van der Waals surface area (Å²) in [6.07, 6.45) is -1.79. The van der Waals surface area contributed by atoms with Gasteiger partial charge in [0.25, 0.3) is 5.69 Å². The number of hydrogen-bond acceptors (Lipinski definition) is 5. The molecule has 0 unspecified atom stereocenters. The lowest BCUT2D eigenvalue weighted by atomic mass is 10.2. The predicted octanol–water partition coefficient (Wildman–Crippen LogP) is 3.58. The summed E-state index contributed by atoms with van der Waals surface area (Å²) in [5, 5.41) is 10.7. The van der Waals surface area contributed by atoms with E-state index in [9.17, 15) is 23.3 Å². The van der Waals surface area contributed by atoms with Crippen LogP contribution in [0.3, 0.4) is 0 Å². The summed E-state index contributed by atoms with van der Waals surface area (Å²) in [5.74, 6) is 0. The number of nitro groups is 1. The Morgan fingerprint density at radius 2 is 1.69 bits per heavy atom. The van der Waals surface area contributed by atoms with Crippen molar-refractivity contribution in [3.63, 3.8) is 0 Å². The zero-order valence-electron chi connectivity index (χ0n) is 15.3. The van der Waals surface area contributed by atoms with Gasteiger partial charge in [0.1, 0.15) is 5.65 Å². The fourth-order valence-electron chi connectivity index (χ4n) is 3.45. The van der Waals surface area contributed by atoms with Crippen LogP contribution < -0.4 is 4.90 Å². The summed E-state index contributed by atoms with van der Waals surface area (Å²) in [7, 11) is 0. The molecule has 0 saturated carbocycles. The minimum atomic E-state index is -4.46. The number of halogens is 3. The van der Waals surface area contributed by atoms with Crippen molar-refractivity contribution < 1.29 is 18.1 Å². The molecule has 0 atom stereocenters. The minimum absolute atomic E-state index is 0.0714. The second-order valence-corrected chi connectivity index (χ2v) is 6.96. The van der Waals surface area contributed by atoms with E-state index in [0.29, 0.717) is 6.54 Å². The second-order valence-electron chi connectivity index (χ2n) is 6.96. The van der Waals surface area contributed by atoms with Gasteiger partial charge in [0, 0.05) is 57.3 Å². The van der Waals surface area contributed by atoms with Crippen LogP contribution in [0, 0.1) is 10.1 Å². The van der Waals surface area contributed by atoms with Crippen molar-refractivity contribution in [3.8, 4) is 0 Å². The van der Waals surface area contributed by atoms with E-state index in [1.54, 1.807) is 30.5 Å². The van der Waals surface area contributed by atoms with E-state index in [1.807, 2.05) is 0 Å². The van der Waals surface area contributed by atoms with Gasteiger partial charge in [0.2, 0.25) is 0 Å². The van der Waals surface area contributed by atoms with Crippen LogP contribution in [0.1, 0.15) is 11.3 Å². The minimum Gasteiger partial charge on any atom is -0.368 e. The van der Waals surface area contributed by atoms with Crippen LogP contribution in [-0.2, 0) is 12.7 Å². The van der Waals surface area contributed by atoms with Crippen molar-refractivity contribution in [1.82, 2.24) is 14.3 Å². The number of alkyl halides is 3. The molecular formula is C19H18F3N5O2. The first-order valence-corrected chi connectivity index (χ1v) is 9.06. The Labute approximate surface area is 164 Å². The Balaban J connectivity index is 1.39. The number of anilines is 1. The molecule has 0 spiro atoms. The molecule has 1 aliphatic rings. The van der Waals surface area contributed by atoms with E-state index in [0.717, 1.165) is 43.6 Å². The highest BCUT2D eigenvalue weighted by atomic mass is 19.4. The van der Waals surface area contributed by atoms with Gasteiger partial charge in [-0.3, -0.25) is 15.0 Å². The third kappa shape index (κ3) is 4.16. The molecule has 29 heavy (non-hydrogen) atoms. The molecular weight excluding hydrogens is 387 g/mol. The Morgan fingerprint density at radius 3 is 2.31 bits per heavy atom. The molecule has 1 aromatic carbocycles. The van der Waals surface area contributed by atoms with E-state index in [1.165, 1.54) is 16.5 Å². The van der Waals surface area contributed by atoms with Gasteiger partial charge in [-0.15, -0.1) is 0 Å². The van der Waals surface area contributed by atoms with Crippen molar-refractivity contribution >= 4 is 17.0 Å². The van der Waals surface area contributed by atoms with Crippen LogP contribution in [0.2, 0.25) is 0 Å². The zero-order valence-corrected chi connectivity index (χ0v) is 15.3. The lowest BCUT2D eigenvalue weighted by molar-refractivity contribution is -0.384. The summed E-state index contributed by atoms with van der Waals surface area (Å²) in [5.41, 5.74) is 1.28. The highest BCUT2D eigenvalue weighted by Crippen LogP contribution is 2.29. The molecule has 1 fully saturated rings. The van der Waals surface area contributed by atoms with E-state index in [-0.39, 0.29) is 11.3 Å². The summed E-state index contributed by atoms with van der Waals surface area (Å²) in [4.78, 5) is 18.3. The van der Waals surface area contributed by atoms with Crippen LogP contribution in [0.15, 0.2) is 48.8 Å². The smallest absolute Gasteiger partial charge is 0.368 e. The van der Waals surface area contributed by atoms with E-state index in [4.69, 9.17) is 0 Å². The van der Waals surface area contributed by atoms with Crippen LogP contribution in [0.5, 0.6) is 0 Å². The largest absolute Gasteiger partial charge is 0.434 e. The monoisotopic (exact) mass is 405 g/mol. The number of nitrogens with zero attached hydrogens (tertiary/aromatic N) is 5. The van der Waals surface area contributed by atoms with Crippen molar-refractivity contribution in [2.24, 2.45) is 0 Å². The molecule has 0 N–H and O–H groups in total. The predicted molar refractivity (Wildman–Crippen MR) is 101 cm³/mol. The van der Waals surface area contributed by atoms with E-state index < -0.39 is 16.8 Å². The van der Waals surface area contributed by atoms with E-state index in [2.05, 4.69) is 14.8 Å². The number of hydrogen-bond donors (Lipinski definition) is 0. The Hall–Kier alpha value is -3.14. The first kappa shape index (κ1) is 19.2. The maximum Gasteiger partial charge on any atom is 0.434 e. The molecule has 7 nitrogen and oxygen atoms in total. The Kier molecular flexibility index (Phi) is 4.87. The maximum atomic E-state index is 12.8. The summed E-state index contributed by atoms with van der Waals surface area (Å²) in [6, 6.07) is 9.90. The zero-order chi connectivity index (χ0) is 20.6. The van der Waals surface area contributed by atoms with Crippen LogP contribution in [-0.4, -0.2) is 45.4 Å². The Bertz CT molecular complexity index is 1020. The Morgan fingerprint density at radius 1 is 1.00 bits per heavy atom. The number of non-ortho nitro benzene ring substituents is 1. The average molecular weight is 405 g/mol. The molecule has 4 rings (SSSR count). The summed E-state index contributed by atoms with van der Waals surface area (Å²) < 4.78 is 39.9. The molecule has 2 aromatic heterocycles. The normalized spacial score (nSPS) is 15.8. The first-order valence-electron chi connectivity index (χ1n) is 9.06. The average Bonchev–Trinajstić information content (AvgIpc) is 3.13. The number of pyridine rings is 1. The van der Waals surface area contributed by atoms with E-state index >= 15 is 0 Å². The highest BCUT2D eigenvalue weighted by molar-refractivity contribution is 5.53. The van der Waals surface area contributed by atoms with Crippen molar-refractivity contribution in [2.75, 3.05) is 31.1 Å². The summed E-state index contributed by atoms with van der Waals surface area (Å²) >= 11 is 0. The van der Waals surface area contributed by atoms with Crippen molar-refractivity contribution in [1.29, 1.82) is 0 Å². The lowest BCUT2D eigenvalue weighted by Gasteiger charge is -2.36. The van der Waals surface area contributed by atoms with Crippen molar-refractivity contribution in [2.45, 2.75) is 12.7 Å². The van der Waals surface area contributed by atoms with Gasteiger partial charge in [-0.25, -0.2) is 4.98 Å². The second kappa shape index (κ2) is 7.36. The maximum absolute atomic E-state index is 12.8. The third-order valence-corrected chi connectivity index (χ3v) is 5.02. The number of piperazine rings is 1. The topological polar surface area (TPSA) is 66.9 Å². The van der Waals surface area contributed by atoms with Gasteiger partial charge in [-0.1, -0.05) is 12.1 Å². The first-order chi connectivity index (χ1) is 13.8. The summed E-state index contributed by atoms with van der Waals surface area (Å²) in [6.45, 7) is 3.74. The van der Waals surface area contributed by atoms with Gasteiger partial charge in [-0.2, -0.15) is 13.2 Å². The van der Waals surface area contributed by atoms with Gasteiger partial charge >= 0.3 is 6.18 Å². The fourth-order valence-corrected chi connectivity index (χ4v) is 3.45. The number of nitro benzene ring substituents is 1. The van der Waals surface area contributed by atoms with Crippen molar-refractivity contribution in [3.05, 3.63) is 70.2 Å². The third-order valence-electron chi connectivity index (χ3n) is 5.02. The molecule has 0 aliphatic carbocycles. The quantitative estimate of drug-likeness (QED) is 0.490. The lowest BCUT2D eigenvalue weighted by Crippen LogP contribution is -2.46. The molecule has 10 heteroatoms. The fraction of sp³-hybridized carbons (Fsp3) is 0.316. The molecule has 1 aliphatic heterocycles. The molecule has 152 valence electrons. The van der Waals surface area contributed by atoms with Gasteiger partial charge in [0.15, 0.2) is 5.69 Å². The van der Waals surface area contributed by atoms with Gasteiger partial charge in [0.05, 0.1) is 10.6 Å². The number of rotatable bonds is 4. The SMILES string of the molecule is O=[N+]([O-])c1ccc(CN2CCN(c3ccc4nc(C(F)(F)F)cn4c3)CC2)cc1. The molecule has 3 aromatic rings. The molecule has 0 radical (unpaired) electrons. The molecule has 3 heterocycles. The van der Waals surface area contributed by atoms with Crippen LogP contribution in [0.25, 0.3) is 5.65 Å². The molecule has 0 amide bonds. The number of benzene rings is 1. The number of aromatic nitrogens is 2. The molecule has 0 bridgehead atoms. The highest BCUT2D eigenvalue weighted by Gasteiger charge is 2.34.